The second-order valence-corrected chi connectivity index (χ2v) is 5.99. The highest BCUT2D eigenvalue weighted by Gasteiger charge is 2.37. The fraction of sp³-hybridized carbons (Fsp3) is 0.455. The van der Waals surface area contributed by atoms with E-state index in [0.29, 0.717) is 0 Å². The number of anilines is 1. The number of aliphatic hydroxyl groups is 1. The Kier molecular flexibility index (Phi) is 5.42. The molecule has 0 fully saturated rings. The van der Waals surface area contributed by atoms with Crippen molar-refractivity contribution in [3.63, 3.8) is 0 Å². The van der Waals surface area contributed by atoms with Gasteiger partial charge in [-0.05, 0) is 18.2 Å². The molecule has 0 aromatic heterocycles. The van der Waals surface area contributed by atoms with Gasteiger partial charge in [-0.3, -0.25) is 0 Å². The highest BCUT2D eigenvalue weighted by Crippen LogP contribution is 2.30. The summed E-state index contributed by atoms with van der Waals surface area (Å²) < 4.78 is 67.1. The van der Waals surface area contributed by atoms with Crippen LogP contribution in [-0.2, 0) is 10.0 Å². The van der Waals surface area contributed by atoms with Crippen LogP contribution in [0, 0.1) is 0 Å². The van der Waals surface area contributed by atoms with Crippen molar-refractivity contribution in [1.82, 2.24) is 4.31 Å². The lowest BCUT2D eigenvalue weighted by atomic mass is 10.3. The highest BCUT2D eigenvalue weighted by atomic mass is 32.2. The van der Waals surface area contributed by atoms with Crippen molar-refractivity contribution in [3.8, 4) is 5.75 Å². The van der Waals surface area contributed by atoms with Crippen LogP contribution >= 0.6 is 0 Å². The molecule has 1 aromatic carbocycles. The maximum Gasteiger partial charge on any atom is 0.402 e. The third-order valence-corrected chi connectivity index (χ3v) is 4.38. The summed E-state index contributed by atoms with van der Waals surface area (Å²) in [4.78, 5) is -0.484. The molecule has 1 rings (SSSR count). The number of nitrogen functional groups attached to an aromatic ring is 1. The van der Waals surface area contributed by atoms with Crippen LogP contribution in [0.3, 0.4) is 0 Å². The number of nitrogens with zero attached hydrogens (tertiary/aromatic N) is 1. The Morgan fingerprint density at radius 2 is 2.00 bits per heavy atom. The van der Waals surface area contributed by atoms with E-state index in [2.05, 4.69) is 0 Å². The van der Waals surface area contributed by atoms with E-state index in [1.54, 1.807) is 0 Å². The number of methoxy groups -OCH3 is 1. The van der Waals surface area contributed by atoms with E-state index in [4.69, 9.17) is 15.6 Å². The highest BCUT2D eigenvalue weighted by molar-refractivity contribution is 7.89. The molecule has 0 atom stereocenters. The first-order chi connectivity index (χ1) is 9.61. The molecule has 0 bridgehead atoms. The normalized spacial score (nSPS) is 12.7. The molecule has 0 unspecified atom stereocenters. The van der Waals surface area contributed by atoms with Gasteiger partial charge in [0.15, 0.2) is 0 Å². The van der Waals surface area contributed by atoms with Crippen LogP contribution in [0.2, 0.25) is 0 Å². The van der Waals surface area contributed by atoms with Gasteiger partial charge in [-0.1, -0.05) is 0 Å². The van der Waals surface area contributed by atoms with Crippen molar-refractivity contribution in [2.24, 2.45) is 0 Å². The zero-order chi connectivity index (χ0) is 16.3. The van der Waals surface area contributed by atoms with Crippen LogP contribution in [0.1, 0.15) is 0 Å². The average molecular weight is 328 g/mol. The van der Waals surface area contributed by atoms with Gasteiger partial charge in [-0.15, -0.1) is 0 Å². The fourth-order valence-electron chi connectivity index (χ4n) is 1.63. The minimum atomic E-state index is -4.74. The Morgan fingerprint density at radius 3 is 2.48 bits per heavy atom. The Morgan fingerprint density at radius 1 is 1.38 bits per heavy atom. The van der Waals surface area contributed by atoms with Gasteiger partial charge in [0, 0.05) is 12.2 Å². The number of hydrogen-bond donors (Lipinski definition) is 2. The molecular weight excluding hydrogens is 313 g/mol. The minimum absolute atomic E-state index is 0.0605. The number of benzene rings is 1. The lowest BCUT2D eigenvalue weighted by molar-refractivity contribution is -0.136. The Balaban J connectivity index is 3.32. The number of sulfonamides is 1. The molecule has 0 radical (unpaired) electrons. The van der Waals surface area contributed by atoms with Gasteiger partial charge >= 0.3 is 6.18 Å². The van der Waals surface area contributed by atoms with Crippen LogP contribution in [-0.4, -0.2) is 50.8 Å². The van der Waals surface area contributed by atoms with Crippen LogP contribution in [0.15, 0.2) is 23.1 Å². The minimum Gasteiger partial charge on any atom is -0.495 e. The van der Waals surface area contributed by atoms with Crippen molar-refractivity contribution in [2.45, 2.75) is 11.1 Å². The van der Waals surface area contributed by atoms with E-state index in [1.165, 1.54) is 19.2 Å². The number of alkyl halides is 3. The van der Waals surface area contributed by atoms with Gasteiger partial charge in [0.05, 0.1) is 13.7 Å². The number of rotatable bonds is 6. The number of aliphatic hydroxyl groups excluding tert-OH is 1. The molecule has 0 aliphatic carbocycles. The molecule has 0 aliphatic rings. The maximum absolute atomic E-state index is 12.5. The fourth-order valence-corrected chi connectivity index (χ4v) is 3.24. The molecule has 0 spiro atoms. The van der Waals surface area contributed by atoms with Crippen molar-refractivity contribution in [3.05, 3.63) is 18.2 Å². The molecule has 1 aromatic rings. The summed E-state index contributed by atoms with van der Waals surface area (Å²) in [6.45, 7) is -3.16. The van der Waals surface area contributed by atoms with E-state index >= 15 is 0 Å². The predicted molar refractivity (Wildman–Crippen MR) is 69.3 cm³/mol. The van der Waals surface area contributed by atoms with Gasteiger partial charge in [0.25, 0.3) is 0 Å². The van der Waals surface area contributed by atoms with Crippen molar-refractivity contribution in [2.75, 3.05) is 32.5 Å². The lowest BCUT2D eigenvalue weighted by Crippen LogP contribution is -2.40. The molecule has 120 valence electrons. The first kappa shape index (κ1) is 17.5. The molecule has 6 nitrogen and oxygen atoms in total. The molecule has 10 heteroatoms. The first-order valence-corrected chi connectivity index (χ1v) is 7.17. The Hall–Kier alpha value is -1.52. The summed E-state index contributed by atoms with van der Waals surface area (Å²) in [5.74, 6) is -0.130. The Bertz CT molecular complexity index is 590. The second-order valence-electron chi connectivity index (χ2n) is 4.09. The van der Waals surface area contributed by atoms with E-state index < -0.39 is 40.8 Å². The topological polar surface area (TPSA) is 92.9 Å². The van der Waals surface area contributed by atoms with Crippen LogP contribution in [0.4, 0.5) is 18.9 Å². The monoisotopic (exact) mass is 328 g/mol. The van der Waals surface area contributed by atoms with Crippen molar-refractivity contribution >= 4 is 15.7 Å². The van der Waals surface area contributed by atoms with Crippen molar-refractivity contribution in [1.29, 1.82) is 0 Å². The maximum atomic E-state index is 12.5. The van der Waals surface area contributed by atoms with E-state index in [0.717, 1.165) is 6.07 Å². The summed E-state index contributed by atoms with van der Waals surface area (Å²) in [6, 6.07) is 3.61. The number of nitrogens with two attached hydrogens (primary N) is 1. The zero-order valence-corrected chi connectivity index (χ0v) is 11.9. The third kappa shape index (κ3) is 4.48. The van der Waals surface area contributed by atoms with Gasteiger partial charge in [-0.2, -0.15) is 17.5 Å². The number of ether oxygens (including phenoxy) is 1. The van der Waals surface area contributed by atoms with Gasteiger partial charge in [0.1, 0.15) is 17.2 Å². The van der Waals surface area contributed by atoms with E-state index in [1.807, 2.05) is 0 Å². The standard InChI is InChI=1S/C11H15F3N2O4S/c1-20-9-3-2-8(15)6-10(9)21(18,19)16(4-5-17)7-11(12,13)14/h2-3,6,17H,4-5,7,15H2,1H3. The molecule has 21 heavy (non-hydrogen) atoms. The molecule has 0 amide bonds. The molecule has 0 heterocycles. The first-order valence-electron chi connectivity index (χ1n) is 5.73. The van der Waals surface area contributed by atoms with Gasteiger partial charge in [-0.25, -0.2) is 8.42 Å². The molecular formula is C11H15F3N2O4S. The summed E-state index contributed by atoms with van der Waals surface area (Å²) in [5, 5.41) is 8.80. The second kappa shape index (κ2) is 6.50. The van der Waals surface area contributed by atoms with Gasteiger partial charge < -0.3 is 15.6 Å². The number of halogens is 3. The largest absolute Gasteiger partial charge is 0.495 e. The summed E-state index contributed by atoms with van der Waals surface area (Å²) in [5.41, 5.74) is 5.53. The molecule has 3 N–H and O–H groups in total. The molecule has 0 saturated heterocycles. The Labute approximate surface area is 120 Å². The summed E-state index contributed by atoms with van der Waals surface area (Å²) in [6.07, 6.45) is -4.74. The molecule has 0 saturated carbocycles. The summed E-state index contributed by atoms with van der Waals surface area (Å²) in [7, 11) is -3.33. The lowest BCUT2D eigenvalue weighted by Gasteiger charge is -2.23. The predicted octanol–water partition coefficient (Wildman–Crippen LogP) is 0.823. The zero-order valence-electron chi connectivity index (χ0n) is 11.1. The summed E-state index contributed by atoms with van der Waals surface area (Å²) >= 11 is 0. The number of hydrogen-bond acceptors (Lipinski definition) is 5. The SMILES string of the molecule is COc1ccc(N)cc1S(=O)(=O)N(CCO)CC(F)(F)F. The van der Waals surface area contributed by atoms with Gasteiger partial charge in [0.2, 0.25) is 10.0 Å². The molecule has 0 aliphatic heterocycles. The van der Waals surface area contributed by atoms with Crippen molar-refractivity contribution < 1.29 is 31.4 Å². The van der Waals surface area contributed by atoms with E-state index in [9.17, 15) is 21.6 Å². The smallest absolute Gasteiger partial charge is 0.402 e. The quantitative estimate of drug-likeness (QED) is 0.754. The third-order valence-electron chi connectivity index (χ3n) is 2.51. The van der Waals surface area contributed by atoms with Crippen LogP contribution < -0.4 is 10.5 Å². The average Bonchev–Trinajstić information content (AvgIpc) is 2.36. The van der Waals surface area contributed by atoms with Crippen LogP contribution in [0.5, 0.6) is 5.75 Å². The van der Waals surface area contributed by atoms with E-state index in [-0.39, 0.29) is 15.7 Å². The van der Waals surface area contributed by atoms with Crippen LogP contribution in [0.25, 0.3) is 0 Å².